The van der Waals surface area contributed by atoms with Crippen molar-refractivity contribution in [2.45, 2.75) is 130 Å². The van der Waals surface area contributed by atoms with Gasteiger partial charge < -0.3 is 33.7 Å². The number of ketones is 2. The number of ether oxygens (including phenoxy) is 5. The van der Waals surface area contributed by atoms with Crippen molar-refractivity contribution in [2.24, 2.45) is 35.5 Å². The molecule has 11 nitrogen and oxygen atoms in total. The highest BCUT2D eigenvalue weighted by atomic mass is 16.7. The molecule has 0 aromatic rings. The van der Waals surface area contributed by atoms with Gasteiger partial charge in [0.1, 0.15) is 23.9 Å². The lowest BCUT2D eigenvalue weighted by Gasteiger charge is -2.47. The van der Waals surface area contributed by atoms with E-state index in [0.717, 1.165) is 0 Å². The van der Waals surface area contributed by atoms with E-state index in [1.54, 1.807) is 41.5 Å². The summed E-state index contributed by atoms with van der Waals surface area (Å²) in [6.45, 7) is 15.7. The molecule has 0 aliphatic carbocycles. The van der Waals surface area contributed by atoms with E-state index in [-0.39, 0.29) is 24.3 Å². The van der Waals surface area contributed by atoms with Gasteiger partial charge in [0.15, 0.2) is 17.7 Å². The van der Waals surface area contributed by atoms with Crippen LogP contribution >= 0.6 is 0 Å². The molecule has 14 atom stereocenters. The number of aliphatic hydroxyl groups excluding tert-OH is 1. The lowest BCUT2D eigenvalue weighted by molar-refractivity contribution is -0.295. The molecule has 0 bridgehead atoms. The number of carbonyl (C=O) groups excluding carboxylic acids is 4. The second-order valence-electron chi connectivity index (χ2n) is 14.1. The summed E-state index contributed by atoms with van der Waals surface area (Å²) in [5.41, 5.74) is -2.46. The average molecular weight is 626 g/mol. The van der Waals surface area contributed by atoms with E-state index in [1.165, 1.54) is 14.0 Å². The SMILES string of the molecule is CC[C@@H]1OC(=O)[C@H](C)C(=O)[C@H](C)[C@@H](OC2OC(C)CC(N(C)C)C2O)[C@](C)(OC)C[C@@H](C)C(=O)[C@H](C)C2C(C)C(=O)O[C@@]21C. The van der Waals surface area contributed by atoms with Crippen LogP contribution in [0.2, 0.25) is 0 Å². The second kappa shape index (κ2) is 13.8. The summed E-state index contributed by atoms with van der Waals surface area (Å²) in [7, 11) is 5.24. The van der Waals surface area contributed by atoms with Gasteiger partial charge >= 0.3 is 11.9 Å². The fourth-order valence-corrected chi connectivity index (χ4v) is 7.98. The number of hydrogen-bond acceptors (Lipinski definition) is 11. The Labute approximate surface area is 262 Å². The Kier molecular flexibility index (Phi) is 11.5. The molecule has 6 unspecified atom stereocenters. The van der Waals surface area contributed by atoms with E-state index >= 15 is 0 Å². The molecule has 0 radical (unpaired) electrons. The largest absolute Gasteiger partial charge is 0.458 e. The molecule has 44 heavy (non-hydrogen) atoms. The third-order valence-electron chi connectivity index (χ3n) is 10.7. The lowest BCUT2D eigenvalue weighted by atomic mass is 9.67. The molecular formula is C33H55NO10. The minimum atomic E-state index is -1.25. The van der Waals surface area contributed by atoms with Crippen molar-refractivity contribution in [3.63, 3.8) is 0 Å². The molecule has 3 saturated heterocycles. The predicted molar refractivity (Wildman–Crippen MR) is 161 cm³/mol. The van der Waals surface area contributed by atoms with Crippen molar-refractivity contribution in [1.29, 1.82) is 0 Å². The number of cyclic esters (lactones) is 1. The first kappa shape index (κ1) is 36.5. The molecule has 0 spiro atoms. The summed E-state index contributed by atoms with van der Waals surface area (Å²) >= 11 is 0. The summed E-state index contributed by atoms with van der Waals surface area (Å²) in [6, 6.07) is -0.254. The maximum atomic E-state index is 14.1. The zero-order chi connectivity index (χ0) is 33.5. The van der Waals surface area contributed by atoms with Crippen LogP contribution in [-0.2, 0) is 42.9 Å². The zero-order valence-corrected chi connectivity index (χ0v) is 28.6. The Bertz CT molecular complexity index is 1080. The first-order chi connectivity index (χ1) is 20.3. The number of likely N-dealkylation sites (N-methyl/N-ethyl adjacent to an activating group) is 1. The van der Waals surface area contributed by atoms with Crippen molar-refractivity contribution < 1.29 is 48.0 Å². The van der Waals surface area contributed by atoms with Crippen LogP contribution in [0.3, 0.4) is 0 Å². The number of rotatable bonds is 5. The van der Waals surface area contributed by atoms with Gasteiger partial charge in [0, 0.05) is 36.8 Å². The highest BCUT2D eigenvalue weighted by Gasteiger charge is 2.60. The Morgan fingerprint density at radius 3 is 2.09 bits per heavy atom. The third kappa shape index (κ3) is 6.77. The first-order valence-electron chi connectivity index (χ1n) is 16.1. The van der Waals surface area contributed by atoms with Gasteiger partial charge in [-0.05, 0) is 61.1 Å². The van der Waals surface area contributed by atoms with Crippen molar-refractivity contribution in [2.75, 3.05) is 21.2 Å². The number of esters is 2. The van der Waals surface area contributed by atoms with E-state index in [9.17, 15) is 24.3 Å². The Morgan fingerprint density at radius 2 is 1.55 bits per heavy atom. The van der Waals surface area contributed by atoms with Crippen LogP contribution in [0.25, 0.3) is 0 Å². The minimum Gasteiger partial charge on any atom is -0.458 e. The summed E-state index contributed by atoms with van der Waals surface area (Å²) in [5, 5.41) is 11.3. The maximum absolute atomic E-state index is 14.1. The minimum absolute atomic E-state index is 0.103. The molecular weight excluding hydrogens is 570 g/mol. The molecule has 0 saturated carbocycles. The highest BCUT2D eigenvalue weighted by Crippen LogP contribution is 2.47. The fraction of sp³-hybridized carbons (Fsp3) is 0.879. The monoisotopic (exact) mass is 625 g/mol. The Morgan fingerprint density at radius 1 is 0.932 bits per heavy atom. The van der Waals surface area contributed by atoms with Crippen LogP contribution in [-0.4, -0.2) is 103 Å². The van der Waals surface area contributed by atoms with E-state index in [1.807, 2.05) is 32.8 Å². The van der Waals surface area contributed by atoms with Crippen LogP contribution in [0, 0.1) is 35.5 Å². The van der Waals surface area contributed by atoms with Crippen LogP contribution in [0.5, 0.6) is 0 Å². The van der Waals surface area contributed by atoms with Gasteiger partial charge in [0.25, 0.3) is 0 Å². The number of aliphatic hydroxyl groups is 1. The van der Waals surface area contributed by atoms with Gasteiger partial charge in [-0.25, -0.2) is 0 Å². The molecule has 0 amide bonds. The molecule has 0 aromatic carbocycles. The quantitative estimate of drug-likeness (QED) is 0.356. The normalized spacial score (nSPS) is 46.3. The van der Waals surface area contributed by atoms with Crippen molar-refractivity contribution >= 4 is 23.5 Å². The van der Waals surface area contributed by atoms with Crippen LogP contribution in [0.4, 0.5) is 0 Å². The van der Waals surface area contributed by atoms with E-state index in [2.05, 4.69) is 0 Å². The highest BCUT2D eigenvalue weighted by molar-refractivity contribution is 6.00. The Hall–Kier alpha value is -1.92. The van der Waals surface area contributed by atoms with Crippen LogP contribution < -0.4 is 0 Å². The van der Waals surface area contributed by atoms with Crippen LogP contribution in [0.15, 0.2) is 0 Å². The fourth-order valence-electron chi connectivity index (χ4n) is 7.98. The molecule has 3 aliphatic heterocycles. The number of hydrogen-bond donors (Lipinski definition) is 1. The second-order valence-corrected chi connectivity index (χ2v) is 14.1. The molecule has 0 aromatic heterocycles. The topological polar surface area (TPSA) is 138 Å². The van der Waals surface area contributed by atoms with Gasteiger partial charge in [-0.3, -0.25) is 19.2 Å². The van der Waals surface area contributed by atoms with Gasteiger partial charge in [0.2, 0.25) is 0 Å². The molecule has 11 heteroatoms. The molecule has 3 rings (SSSR count). The molecule has 3 aliphatic rings. The first-order valence-corrected chi connectivity index (χ1v) is 16.1. The van der Waals surface area contributed by atoms with Gasteiger partial charge in [-0.15, -0.1) is 0 Å². The van der Waals surface area contributed by atoms with E-state index in [4.69, 9.17) is 23.7 Å². The maximum Gasteiger partial charge on any atom is 0.316 e. The van der Waals surface area contributed by atoms with E-state index in [0.29, 0.717) is 12.8 Å². The smallest absolute Gasteiger partial charge is 0.316 e. The van der Waals surface area contributed by atoms with E-state index < -0.39 is 89.0 Å². The van der Waals surface area contributed by atoms with Crippen molar-refractivity contribution in [3.8, 4) is 0 Å². The summed E-state index contributed by atoms with van der Waals surface area (Å²) < 4.78 is 30.5. The number of methoxy groups -OCH3 is 1. The van der Waals surface area contributed by atoms with Crippen molar-refractivity contribution in [3.05, 3.63) is 0 Å². The van der Waals surface area contributed by atoms with Gasteiger partial charge in [0.05, 0.1) is 23.7 Å². The molecule has 252 valence electrons. The molecule has 3 fully saturated rings. The lowest BCUT2D eigenvalue weighted by Crippen LogP contribution is -2.59. The summed E-state index contributed by atoms with van der Waals surface area (Å²) in [4.78, 5) is 56.5. The number of Topliss-reactive ketones (excluding diaryl/α,β-unsaturated/α-hetero) is 2. The zero-order valence-electron chi connectivity index (χ0n) is 28.6. The Balaban J connectivity index is 2.11. The molecule has 1 N–H and O–H groups in total. The molecule has 3 heterocycles. The number of carbonyl (C=O) groups is 4. The summed E-state index contributed by atoms with van der Waals surface area (Å²) in [6.07, 6.45) is -3.12. The van der Waals surface area contributed by atoms with Crippen molar-refractivity contribution in [1.82, 2.24) is 4.90 Å². The summed E-state index contributed by atoms with van der Waals surface area (Å²) in [5.74, 6) is -6.18. The average Bonchev–Trinajstić information content (AvgIpc) is 3.20. The van der Waals surface area contributed by atoms with Gasteiger partial charge in [-0.1, -0.05) is 34.6 Å². The standard InChI is InChI=1S/C33H55NO10/c1-13-23-33(9)24(19(5)30(39)44-33)18(4)25(35)16(2)15-32(8,40-12)28(20(6)26(36)21(7)29(38)42-23)43-31-27(37)22(34(10)11)14-17(3)41-31/h16-24,27-28,31,37H,13-15H2,1-12H3/t16-,17?,18-,19?,20+,21-,22?,23+,24?,27?,28-,31?,32-,33-/m1/s1. The predicted octanol–water partition coefficient (Wildman–Crippen LogP) is 3.18. The van der Waals surface area contributed by atoms with Gasteiger partial charge in [-0.2, -0.15) is 0 Å². The number of fused-ring (bicyclic) bond motifs is 1. The number of nitrogens with zero attached hydrogens (tertiary/aromatic N) is 1. The third-order valence-corrected chi connectivity index (χ3v) is 10.7. The van der Waals surface area contributed by atoms with Crippen LogP contribution in [0.1, 0.15) is 81.6 Å².